The van der Waals surface area contributed by atoms with Crippen molar-refractivity contribution in [2.24, 2.45) is 11.7 Å². The van der Waals surface area contributed by atoms with Crippen LogP contribution in [0.15, 0.2) is 0 Å². The number of rotatable bonds is 2. The first-order chi connectivity index (χ1) is 6.89. The Morgan fingerprint density at radius 2 is 2.20 bits per heavy atom. The van der Waals surface area contributed by atoms with Gasteiger partial charge in [0.2, 0.25) is 10.0 Å². The third-order valence-corrected chi connectivity index (χ3v) is 5.02. The molecule has 0 aliphatic carbocycles. The van der Waals surface area contributed by atoms with Gasteiger partial charge in [-0.3, -0.25) is 0 Å². The van der Waals surface area contributed by atoms with Crippen LogP contribution in [0.25, 0.3) is 0 Å². The number of nitrogens with two attached hydrogens (primary N) is 1. The van der Waals surface area contributed by atoms with E-state index in [0.29, 0.717) is 19.0 Å². The van der Waals surface area contributed by atoms with Crippen LogP contribution in [0, 0.1) is 17.2 Å². The fraction of sp³-hybridized carbons (Fsp3) is 0.889. The molecule has 0 spiro atoms. The van der Waals surface area contributed by atoms with Crippen LogP contribution in [0.3, 0.4) is 0 Å². The molecular formula is C9H17N3O2S. The first-order valence-corrected chi connectivity index (χ1v) is 6.54. The highest BCUT2D eigenvalue weighted by Gasteiger charge is 2.34. The molecule has 1 heterocycles. The van der Waals surface area contributed by atoms with Crippen LogP contribution in [-0.4, -0.2) is 37.1 Å². The van der Waals surface area contributed by atoms with Crippen LogP contribution in [0.4, 0.5) is 0 Å². The lowest BCUT2D eigenvalue weighted by Crippen LogP contribution is -2.51. The second-order valence-electron chi connectivity index (χ2n) is 4.10. The maximum atomic E-state index is 11.8. The Kier molecular flexibility index (Phi) is 3.71. The number of hydrogen-bond acceptors (Lipinski definition) is 4. The Morgan fingerprint density at radius 1 is 1.60 bits per heavy atom. The minimum atomic E-state index is -3.48. The van der Waals surface area contributed by atoms with Crippen molar-refractivity contribution in [1.82, 2.24) is 4.31 Å². The van der Waals surface area contributed by atoms with Crippen molar-refractivity contribution in [1.29, 1.82) is 5.26 Å². The highest BCUT2D eigenvalue weighted by molar-refractivity contribution is 7.89. The Balaban J connectivity index is 2.79. The van der Waals surface area contributed by atoms with Gasteiger partial charge in [-0.25, -0.2) is 8.42 Å². The number of hydrogen-bond donors (Lipinski definition) is 1. The summed E-state index contributed by atoms with van der Waals surface area (Å²) in [4.78, 5) is 0. The number of piperidine rings is 1. The van der Waals surface area contributed by atoms with Crippen molar-refractivity contribution in [3.05, 3.63) is 0 Å². The third kappa shape index (κ3) is 2.48. The summed E-state index contributed by atoms with van der Waals surface area (Å²) in [6.07, 6.45) is 0.762. The van der Waals surface area contributed by atoms with Crippen molar-refractivity contribution < 1.29 is 8.42 Å². The van der Waals surface area contributed by atoms with Crippen LogP contribution >= 0.6 is 0 Å². The van der Waals surface area contributed by atoms with Crippen molar-refractivity contribution in [2.75, 3.05) is 13.1 Å². The molecule has 3 unspecified atom stereocenters. The number of nitriles is 1. The molecule has 1 fully saturated rings. The van der Waals surface area contributed by atoms with Crippen molar-refractivity contribution in [3.8, 4) is 6.07 Å². The van der Waals surface area contributed by atoms with Gasteiger partial charge in [0.1, 0.15) is 0 Å². The maximum absolute atomic E-state index is 11.8. The summed E-state index contributed by atoms with van der Waals surface area (Å²) in [5.74, 6) is 0.342. The molecule has 0 amide bonds. The standard InChI is InChI=1S/C9H17N3O2S/c1-7-3-4-12(6-9(7)11)15(13,14)8(2)5-10/h7-9H,3-4,6,11H2,1-2H3. The van der Waals surface area contributed by atoms with E-state index in [-0.39, 0.29) is 6.04 Å². The summed E-state index contributed by atoms with van der Waals surface area (Å²) >= 11 is 0. The third-order valence-electron chi connectivity index (χ3n) is 2.97. The second-order valence-corrected chi connectivity index (χ2v) is 6.36. The van der Waals surface area contributed by atoms with Crippen molar-refractivity contribution >= 4 is 10.0 Å². The van der Waals surface area contributed by atoms with Crippen LogP contribution in [0.2, 0.25) is 0 Å². The molecule has 0 radical (unpaired) electrons. The zero-order valence-corrected chi connectivity index (χ0v) is 9.87. The lowest BCUT2D eigenvalue weighted by Gasteiger charge is -2.34. The summed E-state index contributed by atoms with van der Waals surface area (Å²) in [6.45, 7) is 4.22. The molecular weight excluding hydrogens is 214 g/mol. The number of nitrogens with zero attached hydrogens (tertiary/aromatic N) is 2. The van der Waals surface area contributed by atoms with E-state index in [1.165, 1.54) is 11.2 Å². The van der Waals surface area contributed by atoms with E-state index < -0.39 is 15.3 Å². The van der Waals surface area contributed by atoms with Gasteiger partial charge in [0, 0.05) is 19.1 Å². The van der Waals surface area contributed by atoms with E-state index in [2.05, 4.69) is 0 Å². The summed E-state index contributed by atoms with van der Waals surface area (Å²) in [7, 11) is -3.48. The minimum Gasteiger partial charge on any atom is -0.326 e. The van der Waals surface area contributed by atoms with Gasteiger partial charge in [0.05, 0.1) is 6.07 Å². The Bertz CT molecular complexity index is 360. The monoisotopic (exact) mass is 231 g/mol. The molecule has 2 N–H and O–H groups in total. The Labute approximate surface area is 90.9 Å². The molecule has 1 rings (SSSR count). The smallest absolute Gasteiger partial charge is 0.230 e. The van der Waals surface area contributed by atoms with Gasteiger partial charge >= 0.3 is 0 Å². The predicted octanol–water partition coefficient (Wildman–Crippen LogP) is -0.103. The normalized spacial score (nSPS) is 30.8. The van der Waals surface area contributed by atoms with E-state index >= 15 is 0 Å². The summed E-state index contributed by atoms with van der Waals surface area (Å²) in [6, 6.07) is 1.63. The molecule has 0 aromatic heterocycles. The second kappa shape index (κ2) is 4.47. The van der Waals surface area contributed by atoms with Crippen LogP contribution in [0.1, 0.15) is 20.3 Å². The van der Waals surface area contributed by atoms with E-state index in [9.17, 15) is 8.42 Å². The first kappa shape index (κ1) is 12.4. The van der Waals surface area contributed by atoms with Gasteiger partial charge in [-0.2, -0.15) is 9.57 Å². The maximum Gasteiger partial charge on any atom is 0.230 e. The molecule has 0 aromatic carbocycles. The average molecular weight is 231 g/mol. The molecule has 1 aliphatic heterocycles. The van der Waals surface area contributed by atoms with Crippen LogP contribution < -0.4 is 5.73 Å². The molecule has 86 valence electrons. The van der Waals surface area contributed by atoms with Crippen molar-refractivity contribution in [2.45, 2.75) is 31.6 Å². The van der Waals surface area contributed by atoms with E-state index in [1.807, 2.05) is 6.92 Å². The van der Waals surface area contributed by atoms with Gasteiger partial charge in [0.25, 0.3) is 0 Å². The quantitative estimate of drug-likeness (QED) is 0.718. The highest BCUT2D eigenvalue weighted by atomic mass is 32.2. The molecule has 3 atom stereocenters. The summed E-state index contributed by atoms with van der Waals surface area (Å²) in [5, 5.41) is 7.64. The first-order valence-electron chi connectivity index (χ1n) is 5.03. The van der Waals surface area contributed by atoms with Crippen molar-refractivity contribution in [3.63, 3.8) is 0 Å². The van der Waals surface area contributed by atoms with Gasteiger partial charge < -0.3 is 5.73 Å². The van der Waals surface area contributed by atoms with Gasteiger partial charge in [0.15, 0.2) is 5.25 Å². The topological polar surface area (TPSA) is 87.2 Å². The van der Waals surface area contributed by atoms with E-state index in [0.717, 1.165) is 6.42 Å². The lowest BCUT2D eigenvalue weighted by atomic mass is 9.96. The molecule has 1 saturated heterocycles. The predicted molar refractivity (Wildman–Crippen MR) is 57.3 cm³/mol. The zero-order valence-electron chi connectivity index (χ0n) is 9.05. The van der Waals surface area contributed by atoms with Gasteiger partial charge in [-0.1, -0.05) is 6.92 Å². The van der Waals surface area contributed by atoms with E-state index in [4.69, 9.17) is 11.0 Å². The zero-order chi connectivity index (χ0) is 11.6. The van der Waals surface area contributed by atoms with Gasteiger partial charge in [-0.05, 0) is 19.3 Å². The fourth-order valence-corrected chi connectivity index (χ4v) is 2.91. The average Bonchev–Trinajstić information content (AvgIpc) is 2.20. The largest absolute Gasteiger partial charge is 0.326 e. The Morgan fingerprint density at radius 3 is 2.67 bits per heavy atom. The van der Waals surface area contributed by atoms with Crippen LogP contribution in [-0.2, 0) is 10.0 Å². The molecule has 15 heavy (non-hydrogen) atoms. The summed E-state index contributed by atoms with van der Waals surface area (Å²) in [5.41, 5.74) is 5.82. The molecule has 0 saturated carbocycles. The summed E-state index contributed by atoms with van der Waals surface area (Å²) < 4.78 is 25.0. The number of sulfonamides is 1. The molecule has 5 nitrogen and oxygen atoms in total. The van der Waals surface area contributed by atoms with Gasteiger partial charge in [-0.15, -0.1) is 0 Å². The Hall–Kier alpha value is -0.640. The minimum absolute atomic E-state index is 0.126. The fourth-order valence-electron chi connectivity index (χ4n) is 1.59. The lowest BCUT2D eigenvalue weighted by molar-refractivity contribution is 0.252. The molecule has 0 bridgehead atoms. The van der Waals surface area contributed by atoms with E-state index in [1.54, 1.807) is 6.07 Å². The molecule has 1 aliphatic rings. The molecule has 0 aromatic rings. The SMILES string of the molecule is CC1CCN(S(=O)(=O)C(C)C#N)CC1N. The molecule has 6 heteroatoms. The van der Waals surface area contributed by atoms with Crippen LogP contribution in [0.5, 0.6) is 0 Å². The highest BCUT2D eigenvalue weighted by Crippen LogP contribution is 2.20.